The monoisotopic (exact) mass is 463 g/mol. The number of carbonyl (C=O) groups is 2. The average molecular weight is 464 g/mol. The molecule has 1 aliphatic rings. The summed E-state index contributed by atoms with van der Waals surface area (Å²) in [5.74, 6) is -0.261. The summed E-state index contributed by atoms with van der Waals surface area (Å²) in [4.78, 5) is 26.6. The number of nitrogens with one attached hydrogen (secondary N) is 2. The van der Waals surface area contributed by atoms with E-state index in [9.17, 15) is 18.0 Å². The molecule has 3 aromatic rings. The normalized spacial score (nSPS) is 13.8. The van der Waals surface area contributed by atoms with Crippen LogP contribution >= 0.6 is 0 Å². The number of carbonyl (C=O) groups excluding carboxylic acids is 2. The van der Waals surface area contributed by atoms with Crippen molar-refractivity contribution in [3.05, 3.63) is 83.4 Å². The van der Waals surface area contributed by atoms with Gasteiger partial charge in [-0.05, 0) is 74.4 Å². The summed E-state index contributed by atoms with van der Waals surface area (Å²) in [7, 11) is -3.79. The molecule has 1 saturated heterocycles. The number of nitrogens with zero attached hydrogens (tertiary/aromatic N) is 1. The molecular weight excluding hydrogens is 438 g/mol. The highest BCUT2D eigenvalue weighted by Crippen LogP contribution is 2.25. The lowest BCUT2D eigenvalue weighted by Gasteiger charge is -2.16. The van der Waals surface area contributed by atoms with Crippen molar-refractivity contribution >= 4 is 38.9 Å². The van der Waals surface area contributed by atoms with Crippen molar-refractivity contribution < 1.29 is 18.0 Å². The van der Waals surface area contributed by atoms with Gasteiger partial charge in [0, 0.05) is 29.9 Å². The van der Waals surface area contributed by atoms with Gasteiger partial charge >= 0.3 is 0 Å². The van der Waals surface area contributed by atoms with Crippen LogP contribution in [0.15, 0.2) is 71.6 Å². The van der Waals surface area contributed by atoms with Gasteiger partial charge in [-0.15, -0.1) is 0 Å². The van der Waals surface area contributed by atoms with Crippen LogP contribution in [0.25, 0.3) is 0 Å². The van der Waals surface area contributed by atoms with Gasteiger partial charge < -0.3 is 10.2 Å². The summed E-state index contributed by atoms with van der Waals surface area (Å²) in [6, 6.07) is 18.5. The molecule has 33 heavy (non-hydrogen) atoms. The van der Waals surface area contributed by atoms with Crippen LogP contribution in [0.4, 0.5) is 17.1 Å². The van der Waals surface area contributed by atoms with E-state index in [1.807, 2.05) is 6.92 Å². The Bertz CT molecular complexity index is 1300. The first-order chi connectivity index (χ1) is 15.7. The molecule has 7 nitrogen and oxygen atoms in total. The van der Waals surface area contributed by atoms with Crippen molar-refractivity contribution in [3.63, 3.8) is 0 Å². The second kappa shape index (κ2) is 9.07. The number of anilines is 3. The number of aryl methyl sites for hydroxylation is 2. The summed E-state index contributed by atoms with van der Waals surface area (Å²) in [6.45, 7) is 4.36. The van der Waals surface area contributed by atoms with Gasteiger partial charge in [0.2, 0.25) is 5.91 Å². The second-order valence-corrected chi connectivity index (χ2v) is 9.78. The molecule has 2 amide bonds. The van der Waals surface area contributed by atoms with Crippen molar-refractivity contribution in [3.8, 4) is 0 Å². The van der Waals surface area contributed by atoms with E-state index in [-0.39, 0.29) is 16.7 Å². The molecule has 0 saturated carbocycles. The maximum atomic E-state index is 12.8. The van der Waals surface area contributed by atoms with Gasteiger partial charge in [0.05, 0.1) is 10.6 Å². The van der Waals surface area contributed by atoms with E-state index in [4.69, 9.17) is 0 Å². The Morgan fingerprint density at radius 1 is 0.939 bits per heavy atom. The third-order valence-corrected chi connectivity index (χ3v) is 6.97. The van der Waals surface area contributed by atoms with Crippen LogP contribution in [-0.4, -0.2) is 26.8 Å². The molecule has 0 atom stereocenters. The van der Waals surface area contributed by atoms with E-state index >= 15 is 0 Å². The molecule has 1 fully saturated rings. The predicted octanol–water partition coefficient (Wildman–Crippen LogP) is 4.48. The fourth-order valence-electron chi connectivity index (χ4n) is 3.64. The first-order valence-electron chi connectivity index (χ1n) is 10.6. The zero-order valence-corrected chi connectivity index (χ0v) is 19.3. The Kier molecular flexibility index (Phi) is 6.20. The van der Waals surface area contributed by atoms with Crippen LogP contribution in [0.2, 0.25) is 0 Å². The number of hydrogen-bond donors (Lipinski definition) is 2. The molecular formula is C25H25N3O4S. The minimum absolute atomic E-state index is 0.104. The summed E-state index contributed by atoms with van der Waals surface area (Å²) in [5.41, 5.74) is 3.70. The number of amides is 2. The third-order valence-electron chi connectivity index (χ3n) is 5.59. The minimum atomic E-state index is -3.79. The van der Waals surface area contributed by atoms with Crippen molar-refractivity contribution in [2.75, 3.05) is 21.5 Å². The van der Waals surface area contributed by atoms with E-state index < -0.39 is 10.0 Å². The number of sulfonamides is 1. The Morgan fingerprint density at radius 2 is 1.64 bits per heavy atom. The van der Waals surface area contributed by atoms with Crippen LogP contribution < -0.4 is 14.9 Å². The molecule has 1 aliphatic heterocycles. The van der Waals surface area contributed by atoms with Crippen LogP contribution in [0, 0.1) is 13.8 Å². The quantitative estimate of drug-likeness (QED) is 0.563. The van der Waals surface area contributed by atoms with Crippen LogP contribution in [0.5, 0.6) is 0 Å². The van der Waals surface area contributed by atoms with Crippen molar-refractivity contribution in [2.24, 2.45) is 0 Å². The zero-order chi connectivity index (χ0) is 23.6. The summed E-state index contributed by atoms with van der Waals surface area (Å²) in [6.07, 6.45) is 1.41. The Labute approximate surface area is 193 Å². The lowest BCUT2D eigenvalue weighted by Crippen LogP contribution is -2.23. The maximum absolute atomic E-state index is 12.8. The summed E-state index contributed by atoms with van der Waals surface area (Å²) >= 11 is 0. The molecule has 0 radical (unpaired) electrons. The molecule has 0 spiro atoms. The summed E-state index contributed by atoms with van der Waals surface area (Å²) in [5, 5.41) is 2.82. The van der Waals surface area contributed by atoms with Crippen LogP contribution in [0.3, 0.4) is 0 Å². The highest BCUT2D eigenvalue weighted by atomic mass is 32.2. The average Bonchev–Trinajstić information content (AvgIpc) is 3.22. The van der Waals surface area contributed by atoms with E-state index in [1.165, 1.54) is 6.07 Å². The molecule has 170 valence electrons. The molecule has 8 heteroatoms. The number of hydrogen-bond acceptors (Lipinski definition) is 4. The van der Waals surface area contributed by atoms with E-state index in [0.717, 1.165) is 17.7 Å². The van der Waals surface area contributed by atoms with Gasteiger partial charge in [-0.1, -0.05) is 23.8 Å². The van der Waals surface area contributed by atoms with Crippen LogP contribution in [0.1, 0.15) is 34.3 Å². The lowest BCUT2D eigenvalue weighted by molar-refractivity contribution is -0.117. The van der Waals surface area contributed by atoms with Gasteiger partial charge in [-0.2, -0.15) is 0 Å². The fraction of sp³-hybridized carbons (Fsp3) is 0.200. The smallest absolute Gasteiger partial charge is 0.261 e. The van der Waals surface area contributed by atoms with Gasteiger partial charge in [0.15, 0.2) is 0 Å². The topological polar surface area (TPSA) is 95.6 Å². The zero-order valence-electron chi connectivity index (χ0n) is 18.5. The summed E-state index contributed by atoms with van der Waals surface area (Å²) < 4.78 is 28.1. The molecule has 0 aliphatic carbocycles. The van der Waals surface area contributed by atoms with Gasteiger partial charge in [0.25, 0.3) is 15.9 Å². The minimum Gasteiger partial charge on any atom is -0.322 e. The Morgan fingerprint density at radius 3 is 2.27 bits per heavy atom. The predicted molar refractivity (Wildman–Crippen MR) is 129 cm³/mol. The third kappa shape index (κ3) is 5.06. The van der Waals surface area contributed by atoms with E-state index in [2.05, 4.69) is 10.0 Å². The van der Waals surface area contributed by atoms with Crippen molar-refractivity contribution in [2.45, 2.75) is 31.6 Å². The highest BCUT2D eigenvalue weighted by Gasteiger charge is 2.21. The largest absolute Gasteiger partial charge is 0.322 e. The Hall–Kier alpha value is -3.65. The molecule has 1 heterocycles. The molecule has 0 bridgehead atoms. The first-order valence-corrected chi connectivity index (χ1v) is 12.1. The lowest BCUT2D eigenvalue weighted by atomic mass is 10.1. The van der Waals surface area contributed by atoms with Crippen LogP contribution in [-0.2, 0) is 14.8 Å². The number of benzene rings is 3. The van der Waals surface area contributed by atoms with Crippen molar-refractivity contribution in [1.29, 1.82) is 0 Å². The molecule has 4 rings (SSSR count). The van der Waals surface area contributed by atoms with Gasteiger partial charge in [-0.3, -0.25) is 14.3 Å². The molecule has 2 N–H and O–H groups in total. The SMILES string of the molecule is Cc1ccc(S(=O)(=O)Nc2cc(C(=O)Nc3ccc(N4CCCC4=O)cc3)ccc2C)cc1. The number of rotatable bonds is 6. The fourth-order valence-corrected chi connectivity index (χ4v) is 4.77. The van der Waals surface area contributed by atoms with Crippen molar-refractivity contribution in [1.82, 2.24) is 0 Å². The van der Waals surface area contributed by atoms with E-state index in [1.54, 1.807) is 72.5 Å². The standard InChI is InChI=1S/C25H25N3O4S/c1-17-5-13-22(14-6-17)33(31,32)27-23-16-19(8-7-18(23)2)25(30)26-20-9-11-21(12-10-20)28-15-3-4-24(28)29/h5-14,16,27H,3-4,15H2,1-2H3,(H,26,30). The maximum Gasteiger partial charge on any atom is 0.261 e. The molecule has 3 aromatic carbocycles. The van der Waals surface area contributed by atoms with Gasteiger partial charge in [-0.25, -0.2) is 8.42 Å². The molecule has 0 unspecified atom stereocenters. The first kappa shape index (κ1) is 22.5. The van der Waals surface area contributed by atoms with Gasteiger partial charge in [0.1, 0.15) is 0 Å². The van der Waals surface area contributed by atoms with E-state index in [0.29, 0.717) is 35.5 Å². The highest BCUT2D eigenvalue weighted by molar-refractivity contribution is 7.92. The Balaban J connectivity index is 1.49. The second-order valence-electron chi connectivity index (χ2n) is 8.10. The molecule has 0 aromatic heterocycles.